The second-order valence-corrected chi connectivity index (χ2v) is 2.54. The van der Waals surface area contributed by atoms with Gasteiger partial charge in [0.25, 0.3) is 0 Å². The van der Waals surface area contributed by atoms with E-state index >= 15 is 0 Å². The van der Waals surface area contributed by atoms with E-state index in [0.29, 0.717) is 10.1 Å². The van der Waals surface area contributed by atoms with Gasteiger partial charge in [0, 0.05) is 13.8 Å². The quantitative estimate of drug-likeness (QED) is 0.502. The van der Waals surface area contributed by atoms with Gasteiger partial charge in [0.2, 0.25) is 6.79 Å². The summed E-state index contributed by atoms with van der Waals surface area (Å²) in [6, 6.07) is 0. The summed E-state index contributed by atoms with van der Waals surface area (Å²) in [6.45, 7) is 3.49. The number of hydrogen-bond acceptors (Lipinski definition) is 4. The van der Waals surface area contributed by atoms with Crippen LogP contribution in [0.1, 0.15) is 13.8 Å². The lowest BCUT2D eigenvalue weighted by Crippen LogP contribution is -2.04. The van der Waals surface area contributed by atoms with E-state index in [1.807, 2.05) is 0 Å². The first-order chi connectivity index (χ1) is 4.13. The maximum absolute atomic E-state index is 4.77. The molecule has 0 fully saturated rings. The summed E-state index contributed by atoms with van der Waals surface area (Å²) in [6.07, 6.45) is 0. The predicted molar refractivity (Wildman–Crippen MR) is 50.8 cm³/mol. The Balaban J connectivity index is 0. The second-order valence-electron chi connectivity index (χ2n) is 1.39. The van der Waals surface area contributed by atoms with Crippen molar-refractivity contribution in [2.75, 3.05) is 6.79 Å². The molecule has 0 radical (unpaired) electrons. The molecule has 0 amide bonds. The van der Waals surface area contributed by atoms with Gasteiger partial charge in [0.15, 0.2) is 10.1 Å². The summed E-state index contributed by atoms with van der Waals surface area (Å²) in [5.74, 6) is 0. The minimum atomic E-state index is 0. The van der Waals surface area contributed by atoms with Gasteiger partial charge in [-0.1, -0.05) is 0 Å². The van der Waals surface area contributed by atoms with Gasteiger partial charge in [-0.25, -0.2) is 0 Å². The van der Waals surface area contributed by atoms with Gasteiger partial charge < -0.3 is 9.47 Å². The van der Waals surface area contributed by atoms with Gasteiger partial charge >= 0.3 is 0 Å². The monoisotopic (exact) mass is 200 g/mol. The maximum atomic E-state index is 4.77. The van der Waals surface area contributed by atoms with Crippen LogP contribution in [0.15, 0.2) is 0 Å². The lowest BCUT2D eigenvalue weighted by atomic mass is 10.8. The fraction of sp³-hybridized carbons (Fsp3) is 0.600. The van der Waals surface area contributed by atoms with Crippen LogP contribution < -0.4 is 0 Å². The van der Waals surface area contributed by atoms with Gasteiger partial charge in [-0.05, 0) is 24.4 Å². The van der Waals surface area contributed by atoms with Gasteiger partial charge in [-0.2, -0.15) is 0 Å². The molecule has 0 bridgehead atoms. The van der Waals surface area contributed by atoms with E-state index in [1.165, 1.54) is 0 Å². The smallest absolute Gasteiger partial charge is 0.232 e. The van der Waals surface area contributed by atoms with Gasteiger partial charge in [-0.15, -0.1) is 12.4 Å². The third kappa shape index (κ3) is 10.9. The molecule has 0 rings (SSSR count). The lowest BCUT2D eigenvalue weighted by molar-refractivity contribution is 0.105. The summed E-state index contributed by atoms with van der Waals surface area (Å²) in [4.78, 5) is 0. The Morgan fingerprint density at radius 1 is 1.10 bits per heavy atom. The normalized spacial score (nSPS) is 7.40. The van der Waals surface area contributed by atoms with Crippen molar-refractivity contribution in [1.29, 1.82) is 0 Å². The third-order valence-electron chi connectivity index (χ3n) is 0.524. The fourth-order valence-electron chi connectivity index (χ4n) is 0.195. The standard InChI is InChI=1S/C5H8O2S2.ClH/c1-4(8)6-3-7-5(2)9;/h3H2,1-2H3;1H. The molecule has 0 saturated heterocycles. The first-order valence-corrected chi connectivity index (χ1v) is 3.21. The summed E-state index contributed by atoms with van der Waals surface area (Å²) in [5, 5.41) is 0.928. The Morgan fingerprint density at radius 3 is 1.60 bits per heavy atom. The molecule has 0 aromatic rings. The van der Waals surface area contributed by atoms with Crippen molar-refractivity contribution < 1.29 is 9.47 Å². The molecule has 0 aliphatic heterocycles. The molecule has 60 valence electrons. The topological polar surface area (TPSA) is 18.5 Å². The Morgan fingerprint density at radius 2 is 1.40 bits per heavy atom. The van der Waals surface area contributed by atoms with E-state index in [1.54, 1.807) is 13.8 Å². The zero-order chi connectivity index (χ0) is 7.28. The summed E-state index contributed by atoms with van der Waals surface area (Å²) >= 11 is 9.20. The molecule has 0 aromatic carbocycles. The zero-order valence-electron chi connectivity index (χ0n) is 5.75. The van der Waals surface area contributed by atoms with Gasteiger partial charge in [0.1, 0.15) is 0 Å². The summed E-state index contributed by atoms with van der Waals surface area (Å²) in [5.41, 5.74) is 0. The Labute approximate surface area is 77.3 Å². The highest BCUT2D eigenvalue weighted by Crippen LogP contribution is 1.84. The molecule has 0 N–H and O–H groups in total. The molecule has 10 heavy (non-hydrogen) atoms. The average Bonchev–Trinajstić information content (AvgIpc) is 1.63. The van der Waals surface area contributed by atoms with Crippen LogP contribution in [0.25, 0.3) is 0 Å². The Kier molecular flexibility index (Phi) is 9.13. The lowest BCUT2D eigenvalue weighted by Gasteiger charge is -2.03. The zero-order valence-corrected chi connectivity index (χ0v) is 8.20. The van der Waals surface area contributed by atoms with Crippen LogP contribution in [-0.2, 0) is 9.47 Å². The van der Waals surface area contributed by atoms with Crippen LogP contribution in [0.3, 0.4) is 0 Å². The minimum absolute atomic E-state index is 0. The molecule has 0 unspecified atom stereocenters. The van der Waals surface area contributed by atoms with E-state index in [0.717, 1.165) is 0 Å². The average molecular weight is 201 g/mol. The van der Waals surface area contributed by atoms with E-state index in [2.05, 4.69) is 24.4 Å². The fourth-order valence-corrected chi connectivity index (χ4v) is 0.292. The second kappa shape index (κ2) is 7.18. The van der Waals surface area contributed by atoms with Crippen molar-refractivity contribution in [3.63, 3.8) is 0 Å². The van der Waals surface area contributed by atoms with Crippen molar-refractivity contribution in [3.8, 4) is 0 Å². The van der Waals surface area contributed by atoms with E-state index in [-0.39, 0.29) is 19.2 Å². The van der Waals surface area contributed by atoms with E-state index < -0.39 is 0 Å². The van der Waals surface area contributed by atoms with Crippen LogP contribution in [0.5, 0.6) is 0 Å². The molecule has 0 saturated carbocycles. The number of thiocarbonyl (C=S) groups is 2. The first-order valence-electron chi connectivity index (χ1n) is 2.39. The molecule has 0 aliphatic rings. The molecule has 0 heterocycles. The van der Waals surface area contributed by atoms with Crippen molar-refractivity contribution in [2.45, 2.75) is 13.8 Å². The third-order valence-corrected chi connectivity index (χ3v) is 0.760. The minimum Gasteiger partial charge on any atom is -0.451 e. The summed E-state index contributed by atoms with van der Waals surface area (Å²) in [7, 11) is 0. The van der Waals surface area contributed by atoms with E-state index in [4.69, 9.17) is 9.47 Å². The van der Waals surface area contributed by atoms with Crippen LogP contribution in [0.2, 0.25) is 0 Å². The highest BCUT2D eigenvalue weighted by Gasteiger charge is 1.87. The van der Waals surface area contributed by atoms with Crippen molar-refractivity contribution >= 4 is 46.9 Å². The predicted octanol–water partition coefficient (Wildman–Crippen LogP) is 2.09. The first kappa shape index (κ1) is 12.7. The van der Waals surface area contributed by atoms with E-state index in [9.17, 15) is 0 Å². The number of rotatable bonds is 2. The summed E-state index contributed by atoms with van der Waals surface area (Å²) < 4.78 is 9.55. The molecule has 2 nitrogen and oxygen atoms in total. The van der Waals surface area contributed by atoms with Gasteiger partial charge in [0.05, 0.1) is 0 Å². The van der Waals surface area contributed by atoms with Crippen molar-refractivity contribution in [3.05, 3.63) is 0 Å². The Hall–Kier alpha value is 0.0700. The number of ether oxygens (including phenoxy) is 2. The highest BCUT2D eigenvalue weighted by molar-refractivity contribution is 7.80. The molecule has 0 spiro atoms. The Bertz CT molecular complexity index is 113. The molecule has 0 aromatic heterocycles. The molecular formula is C5H9ClO2S2. The van der Waals surface area contributed by atoms with Crippen LogP contribution in [0, 0.1) is 0 Å². The highest BCUT2D eigenvalue weighted by atomic mass is 35.5. The van der Waals surface area contributed by atoms with Crippen LogP contribution in [-0.4, -0.2) is 16.9 Å². The number of hydrogen-bond donors (Lipinski definition) is 0. The largest absolute Gasteiger partial charge is 0.451 e. The van der Waals surface area contributed by atoms with Gasteiger partial charge in [-0.3, -0.25) is 0 Å². The van der Waals surface area contributed by atoms with Crippen molar-refractivity contribution in [2.24, 2.45) is 0 Å². The molecular weight excluding hydrogens is 192 g/mol. The molecule has 0 atom stereocenters. The molecule has 5 heteroatoms. The number of halogens is 1. The maximum Gasteiger partial charge on any atom is 0.232 e. The van der Waals surface area contributed by atoms with Crippen LogP contribution >= 0.6 is 36.8 Å². The van der Waals surface area contributed by atoms with Crippen molar-refractivity contribution in [1.82, 2.24) is 0 Å². The molecule has 0 aliphatic carbocycles. The van der Waals surface area contributed by atoms with Crippen LogP contribution in [0.4, 0.5) is 0 Å². The SMILES string of the molecule is CC(=S)OCOC(C)=S.Cl.